The van der Waals surface area contributed by atoms with Crippen molar-refractivity contribution < 1.29 is 19.3 Å². The molecule has 0 saturated carbocycles. The van der Waals surface area contributed by atoms with E-state index in [1.807, 2.05) is 48.9 Å². The van der Waals surface area contributed by atoms with Crippen molar-refractivity contribution in [1.29, 1.82) is 0 Å². The average molecular weight is 551 g/mol. The highest BCUT2D eigenvalue weighted by Crippen LogP contribution is 2.34. The molecule has 4 aromatic rings. The number of nitrogens with zero attached hydrogens (tertiary/aromatic N) is 5. The number of hydrogen-bond donors (Lipinski definition) is 2. The maximum atomic E-state index is 10.1. The van der Waals surface area contributed by atoms with E-state index in [0.29, 0.717) is 53.6 Å². The van der Waals surface area contributed by atoms with E-state index >= 15 is 0 Å². The number of aromatic amines is 1. The highest BCUT2D eigenvalue weighted by molar-refractivity contribution is 6.33. The predicted molar refractivity (Wildman–Crippen MR) is 145 cm³/mol. The summed E-state index contributed by atoms with van der Waals surface area (Å²) in [5.74, 6) is 0.359. The summed E-state index contributed by atoms with van der Waals surface area (Å²) in [6, 6.07) is 10.2. The predicted octanol–water partition coefficient (Wildman–Crippen LogP) is 3.73. The van der Waals surface area contributed by atoms with Crippen LogP contribution in [0, 0.1) is 5.92 Å². The second-order valence-electron chi connectivity index (χ2n) is 11.5. The summed E-state index contributed by atoms with van der Waals surface area (Å²) < 4.78 is 19.8. The maximum absolute atomic E-state index is 10.1. The molecule has 0 bridgehead atoms. The van der Waals surface area contributed by atoms with E-state index in [1.54, 1.807) is 0 Å². The summed E-state index contributed by atoms with van der Waals surface area (Å²) in [4.78, 5) is 14.7. The maximum Gasteiger partial charge on any atom is 0.296 e. The molecule has 0 aliphatic carbocycles. The number of imidazole rings is 1. The van der Waals surface area contributed by atoms with Gasteiger partial charge < -0.3 is 24.3 Å². The molecule has 0 amide bonds. The third-order valence-electron chi connectivity index (χ3n) is 7.58. The topological polar surface area (TPSA) is 111 Å². The van der Waals surface area contributed by atoms with Crippen molar-refractivity contribution in [3.05, 3.63) is 52.8 Å². The van der Waals surface area contributed by atoms with Crippen molar-refractivity contribution in [1.82, 2.24) is 29.6 Å². The van der Waals surface area contributed by atoms with E-state index < -0.39 is 5.60 Å². The van der Waals surface area contributed by atoms with Gasteiger partial charge in [-0.1, -0.05) is 30.7 Å². The van der Waals surface area contributed by atoms with Crippen molar-refractivity contribution in [3.63, 3.8) is 0 Å². The molecule has 1 aromatic carbocycles. The van der Waals surface area contributed by atoms with Crippen LogP contribution in [0.3, 0.4) is 0 Å². The lowest BCUT2D eigenvalue weighted by Crippen LogP contribution is -2.35. The van der Waals surface area contributed by atoms with Crippen LogP contribution in [0.2, 0.25) is 5.02 Å². The monoisotopic (exact) mass is 550 g/mol. The summed E-state index contributed by atoms with van der Waals surface area (Å²) in [6.07, 6.45) is 1.84. The number of halogens is 1. The Morgan fingerprint density at radius 3 is 2.69 bits per heavy atom. The molecular weight excluding hydrogens is 520 g/mol. The first-order chi connectivity index (χ1) is 18.7. The van der Waals surface area contributed by atoms with Crippen molar-refractivity contribution in [3.8, 4) is 23.0 Å². The summed E-state index contributed by atoms with van der Waals surface area (Å²) in [6.45, 7) is 9.07. The summed E-state index contributed by atoms with van der Waals surface area (Å²) in [7, 11) is 0. The van der Waals surface area contributed by atoms with Gasteiger partial charge >= 0.3 is 0 Å². The van der Waals surface area contributed by atoms with Crippen molar-refractivity contribution >= 4 is 22.8 Å². The minimum atomic E-state index is -0.726. The van der Waals surface area contributed by atoms with Crippen LogP contribution in [0.15, 0.2) is 36.5 Å². The van der Waals surface area contributed by atoms with Crippen LogP contribution >= 0.6 is 11.6 Å². The molecule has 3 aliphatic rings. The summed E-state index contributed by atoms with van der Waals surface area (Å²) >= 11 is 6.64. The third kappa shape index (κ3) is 4.70. The van der Waals surface area contributed by atoms with Crippen LogP contribution in [0.4, 0.5) is 0 Å². The molecule has 0 unspecified atom stereocenters. The normalized spacial score (nSPS) is 24.9. The Morgan fingerprint density at radius 1 is 1.13 bits per heavy atom. The van der Waals surface area contributed by atoms with Gasteiger partial charge in [0.05, 0.1) is 52.5 Å². The molecule has 11 heteroatoms. The number of aliphatic hydroxyl groups is 1. The number of benzene rings is 1. The number of hydrogen-bond acceptors (Lipinski definition) is 8. The fraction of sp³-hybridized carbons (Fsp3) is 0.464. The third-order valence-corrected chi connectivity index (χ3v) is 7.87. The number of β-amino-alcohol motifs (C(OH)–C–C–N with tert-alkyl or cyclic N) is 1. The van der Waals surface area contributed by atoms with Crippen LogP contribution in [-0.4, -0.2) is 78.4 Å². The van der Waals surface area contributed by atoms with Crippen LogP contribution in [0.1, 0.15) is 32.0 Å². The first-order valence-electron chi connectivity index (χ1n) is 13.3. The lowest BCUT2D eigenvalue weighted by molar-refractivity contribution is 0.0262. The Balaban J connectivity index is 1.07. The first kappa shape index (κ1) is 25.0. The van der Waals surface area contributed by atoms with Crippen molar-refractivity contribution in [2.75, 3.05) is 19.8 Å². The number of ether oxygens (including phenoxy) is 3. The Kier molecular flexibility index (Phi) is 5.94. The molecule has 4 atom stereocenters. The zero-order valence-corrected chi connectivity index (χ0v) is 22.9. The van der Waals surface area contributed by atoms with Gasteiger partial charge in [0.25, 0.3) is 6.01 Å². The molecule has 7 rings (SSSR count). The van der Waals surface area contributed by atoms with Crippen LogP contribution in [0.5, 0.6) is 6.01 Å². The number of rotatable bonds is 6. The molecule has 2 saturated heterocycles. The number of nitrogens with one attached hydrogen (secondary N) is 1. The smallest absolute Gasteiger partial charge is 0.296 e. The summed E-state index contributed by atoms with van der Waals surface area (Å²) in [5.41, 5.74) is 5.22. The molecule has 0 radical (unpaired) electrons. The van der Waals surface area contributed by atoms with Crippen molar-refractivity contribution in [2.24, 2.45) is 5.92 Å². The molecule has 3 aromatic heterocycles. The molecule has 39 heavy (non-hydrogen) atoms. The Morgan fingerprint density at radius 2 is 1.92 bits per heavy atom. The quantitative estimate of drug-likeness (QED) is 0.374. The molecule has 2 N–H and O–H groups in total. The number of aromatic nitrogens is 5. The number of H-pyrrole nitrogens is 1. The van der Waals surface area contributed by atoms with Crippen LogP contribution in [0.25, 0.3) is 28.1 Å². The van der Waals surface area contributed by atoms with Crippen molar-refractivity contribution in [2.45, 2.75) is 57.8 Å². The molecule has 0 spiro atoms. The van der Waals surface area contributed by atoms with Gasteiger partial charge in [0.2, 0.25) is 0 Å². The van der Waals surface area contributed by atoms with E-state index in [-0.39, 0.29) is 18.3 Å². The largest absolute Gasteiger partial charge is 0.456 e. The minimum absolute atomic E-state index is 0.0673. The molecular formula is C28H31ClN6O4. The van der Waals surface area contributed by atoms with Gasteiger partial charge in [0, 0.05) is 42.9 Å². The Hall–Kier alpha value is -3.02. The van der Waals surface area contributed by atoms with Crippen LogP contribution < -0.4 is 4.74 Å². The fourth-order valence-corrected chi connectivity index (χ4v) is 6.10. The van der Waals surface area contributed by atoms with Crippen LogP contribution in [-0.2, 0) is 22.6 Å². The molecule has 204 valence electrons. The average Bonchev–Trinajstić information content (AvgIpc) is 3.67. The fourth-order valence-electron chi connectivity index (χ4n) is 5.84. The zero-order valence-electron chi connectivity index (χ0n) is 22.1. The molecule has 3 aliphatic heterocycles. The minimum Gasteiger partial charge on any atom is -0.456 e. The lowest BCUT2D eigenvalue weighted by atomic mass is 10.0. The second kappa shape index (κ2) is 9.28. The van der Waals surface area contributed by atoms with Gasteiger partial charge in [-0.05, 0) is 32.0 Å². The first-order valence-corrected chi connectivity index (χ1v) is 13.7. The lowest BCUT2D eigenvalue weighted by Gasteiger charge is -2.24. The summed E-state index contributed by atoms with van der Waals surface area (Å²) in [5, 5.41) is 15.4. The number of fused-ring (bicyclic) bond motifs is 3. The highest BCUT2D eigenvalue weighted by Gasteiger charge is 2.47. The molecule has 2 fully saturated rings. The van der Waals surface area contributed by atoms with Gasteiger partial charge in [-0.25, -0.2) is 9.67 Å². The van der Waals surface area contributed by atoms with Gasteiger partial charge in [-0.15, -0.1) is 0 Å². The highest BCUT2D eigenvalue weighted by atomic mass is 35.5. The van der Waals surface area contributed by atoms with E-state index in [2.05, 4.69) is 28.0 Å². The zero-order chi connectivity index (χ0) is 26.9. The number of pyridine rings is 1. The van der Waals surface area contributed by atoms with E-state index in [1.165, 1.54) is 5.56 Å². The van der Waals surface area contributed by atoms with Gasteiger partial charge in [0.1, 0.15) is 6.10 Å². The SMILES string of the molecule is C[C@@H]1CO[C@H]2[C@@H]1OC[C@H]2Oc1nc2nc(-c3ccc(-n4cc5c(n4)CN(CC(C)(C)O)C5)cc3)c(Cl)cc2[nH]1. The molecule has 10 nitrogen and oxygen atoms in total. The second-order valence-corrected chi connectivity index (χ2v) is 11.9. The Bertz CT molecular complexity index is 1500. The van der Waals surface area contributed by atoms with Gasteiger partial charge in [0.15, 0.2) is 11.8 Å². The van der Waals surface area contributed by atoms with E-state index in [9.17, 15) is 5.11 Å². The van der Waals surface area contributed by atoms with E-state index in [4.69, 9.17) is 35.9 Å². The van der Waals surface area contributed by atoms with E-state index in [0.717, 1.165) is 30.0 Å². The van der Waals surface area contributed by atoms with Gasteiger partial charge in [-0.3, -0.25) is 4.90 Å². The van der Waals surface area contributed by atoms with Gasteiger partial charge in [-0.2, -0.15) is 10.1 Å². The standard InChI is InChI=1S/C28H31ClN6O4/c1-15-12-37-25-22(13-38-24(15)25)39-27-30-20-8-19(29)23(31-26(20)32-27)16-4-6-18(7-5-16)35-10-17-9-34(11-21(17)33-35)14-28(2,3)36/h4-8,10,15,22,24-25,36H,9,11-14H2,1-3H3,(H,30,31,32)/t15-,22-,24-,25-/m1/s1. The molecule has 6 heterocycles. The Labute approximate surface area is 230 Å².